The molecule has 108 valence electrons. The van der Waals surface area contributed by atoms with Gasteiger partial charge in [0.1, 0.15) is 20.3 Å². The van der Waals surface area contributed by atoms with Crippen LogP contribution in [-0.4, -0.2) is 84.0 Å². The number of rotatable bonds is 0. The second-order valence-corrected chi connectivity index (χ2v) is 4.20. The van der Waals surface area contributed by atoms with Crippen molar-refractivity contribution in [2.45, 2.75) is 0 Å². The van der Waals surface area contributed by atoms with Gasteiger partial charge in [-0.25, -0.2) is 0 Å². The molecule has 1 fully saturated rings. The van der Waals surface area contributed by atoms with Gasteiger partial charge in [-0.05, 0) is 14.1 Å². The highest BCUT2D eigenvalue weighted by Crippen LogP contribution is 1.91. The predicted molar refractivity (Wildman–Crippen MR) is 64.8 cm³/mol. The Balaban J connectivity index is 2.17. The van der Waals surface area contributed by atoms with E-state index in [0.717, 1.165) is 13.1 Å². The molecule has 0 saturated carbocycles. The van der Waals surface area contributed by atoms with Crippen LogP contribution in [0.5, 0.6) is 0 Å². The summed E-state index contributed by atoms with van der Waals surface area (Å²) in [6.07, 6.45) is 0. The van der Waals surface area contributed by atoms with Crippen molar-refractivity contribution >= 4 is 0 Å². The summed E-state index contributed by atoms with van der Waals surface area (Å²) >= 11 is 0. The zero-order valence-electron chi connectivity index (χ0n) is 11.3. The molecule has 0 unspecified atom stereocenters. The van der Waals surface area contributed by atoms with E-state index in [1.807, 2.05) is 23.9 Å². The number of likely N-dealkylation sites (N-methyl/N-ethyl adjacent to an activating group) is 2. The van der Waals surface area contributed by atoms with Crippen molar-refractivity contribution in [3.8, 4) is 0 Å². The lowest BCUT2D eigenvalue weighted by atomic mass is 10.6. The van der Waals surface area contributed by atoms with Gasteiger partial charge in [0.25, 0.3) is 0 Å². The summed E-state index contributed by atoms with van der Waals surface area (Å²) in [7, 11) is 3.91. The summed E-state index contributed by atoms with van der Waals surface area (Å²) in [5.41, 5.74) is 0. The Morgan fingerprint density at radius 1 is 0.611 bits per heavy atom. The van der Waals surface area contributed by atoms with E-state index in [4.69, 9.17) is 23.7 Å². The first-order chi connectivity index (χ1) is 8.79. The molecule has 0 amide bonds. The van der Waals surface area contributed by atoms with E-state index in [1.165, 1.54) is 0 Å². The van der Waals surface area contributed by atoms with Crippen LogP contribution >= 0.6 is 0 Å². The summed E-state index contributed by atoms with van der Waals surface area (Å²) in [5.74, 6) is 0. The molecular weight excluding hydrogens is 240 g/mol. The van der Waals surface area contributed by atoms with Gasteiger partial charge in [0.05, 0.1) is 13.2 Å². The van der Waals surface area contributed by atoms with Gasteiger partial charge in [-0.15, -0.1) is 0 Å². The van der Waals surface area contributed by atoms with E-state index in [2.05, 4.69) is 0 Å². The molecule has 1 heterocycles. The molecule has 0 aromatic carbocycles. The Labute approximate surface area is 108 Å². The third-order valence-electron chi connectivity index (χ3n) is 2.36. The molecule has 0 aliphatic carbocycles. The van der Waals surface area contributed by atoms with Gasteiger partial charge in [0, 0.05) is 13.1 Å². The Hall–Kier alpha value is -0.280. The first-order valence-corrected chi connectivity index (χ1v) is 6.05. The predicted octanol–water partition coefficient (Wildman–Crippen LogP) is -0.266. The van der Waals surface area contributed by atoms with Crippen molar-refractivity contribution in [3.63, 3.8) is 0 Å². The van der Waals surface area contributed by atoms with Crippen LogP contribution in [0.2, 0.25) is 0 Å². The highest BCUT2D eigenvalue weighted by atomic mass is 16.7. The smallest absolute Gasteiger partial charge is 0.151 e. The lowest BCUT2D eigenvalue weighted by molar-refractivity contribution is -0.162. The zero-order chi connectivity index (χ0) is 13.1. The fourth-order valence-corrected chi connectivity index (χ4v) is 1.28. The average Bonchev–Trinajstić information content (AvgIpc) is 2.35. The van der Waals surface area contributed by atoms with Crippen LogP contribution in [0.1, 0.15) is 0 Å². The van der Waals surface area contributed by atoms with Crippen molar-refractivity contribution in [2.75, 3.05) is 74.2 Å². The maximum Gasteiger partial charge on any atom is 0.151 e. The molecule has 0 aromatic rings. The standard InChI is InChI=1S/C11H24N2O5/c1-12-3-5-14-9-15-6-4-13(2)8-17-11-18-10-16-7-12/h3-11H2,1-2H3. The van der Waals surface area contributed by atoms with Crippen LogP contribution in [0, 0.1) is 0 Å². The fourth-order valence-electron chi connectivity index (χ4n) is 1.28. The lowest BCUT2D eigenvalue weighted by Crippen LogP contribution is -2.29. The number of nitrogens with zero attached hydrogens (tertiary/aromatic N) is 2. The van der Waals surface area contributed by atoms with Gasteiger partial charge in [-0.1, -0.05) is 0 Å². The summed E-state index contributed by atoms with van der Waals surface area (Å²) in [6, 6.07) is 0. The fraction of sp³-hybridized carbons (Fsp3) is 1.00. The third-order valence-corrected chi connectivity index (χ3v) is 2.36. The van der Waals surface area contributed by atoms with E-state index in [0.29, 0.717) is 33.5 Å². The van der Waals surface area contributed by atoms with Gasteiger partial charge in [-0.2, -0.15) is 0 Å². The van der Waals surface area contributed by atoms with Crippen molar-refractivity contribution in [3.05, 3.63) is 0 Å². The molecule has 1 aliphatic rings. The Morgan fingerprint density at radius 2 is 1.06 bits per heavy atom. The Bertz CT molecular complexity index is 160. The van der Waals surface area contributed by atoms with Crippen LogP contribution in [0.3, 0.4) is 0 Å². The molecule has 0 aromatic heterocycles. The maximum absolute atomic E-state index is 5.34. The molecule has 18 heavy (non-hydrogen) atoms. The van der Waals surface area contributed by atoms with E-state index in [1.54, 1.807) is 0 Å². The minimum atomic E-state index is 0.234. The molecule has 0 N–H and O–H groups in total. The summed E-state index contributed by atoms with van der Waals surface area (Å²) in [4.78, 5) is 4.01. The van der Waals surface area contributed by atoms with Crippen molar-refractivity contribution in [1.29, 1.82) is 0 Å². The van der Waals surface area contributed by atoms with E-state index in [9.17, 15) is 0 Å². The van der Waals surface area contributed by atoms with Crippen LogP contribution in [0.4, 0.5) is 0 Å². The van der Waals surface area contributed by atoms with E-state index in [-0.39, 0.29) is 13.6 Å². The lowest BCUT2D eigenvalue weighted by Gasteiger charge is -2.19. The summed E-state index contributed by atoms with van der Waals surface area (Å²) < 4.78 is 26.4. The van der Waals surface area contributed by atoms with Gasteiger partial charge in [-0.3, -0.25) is 9.80 Å². The maximum atomic E-state index is 5.34. The molecule has 0 spiro atoms. The van der Waals surface area contributed by atoms with Gasteiger partial charge < -0.3 is 23.7 Å². The highest BCUT2D eigenvalue weighted by Gasteiger charge is 2.01. The van der Waals surface area contributed by atoms with Crippen molar-refractivity contribution in [1.82, 2.24) is 9.80 Å². The Morgan fingerprint density at radius 3 is 1.56 bits per heavy atom. The minimum Gasteiger partial charge on any atom is -0.354 e. The third kappa shape index (κ3) is 8.76. The summed E-state index contributed by atoms with van der Waals surface area (Å²) in [5, 5.41) is 0. The Kier molecular flexibility index (Phi) is 9.31. The second kappa shape index (κ2) is 10.6. The second-order valence-electron chi connectivity index (χ2n) is 4.20. The quantitative estimate of drug-likeness (QED) is 0.597. The monoisotopic (exact) mass is 264 g/mol. The molecule has 1 saturated heterocycles. The summed E-state index contributed by atoms with van der Waals surface area (Å²) in [6.45, 7) is 4.63. The van der Waals surface area contributed by atoms with Crippen molar-refractivity contribution in [2.24, 2.45) is 0 Å². The first kappa shape index (κ1) is 15.8. The topological polar surface area (TPSA) is 52.6 Å². The van der Waals surface area contributed by atoms with Crippen LogP contribution in [-0.2, 0) is 23.7 Å². The number of hydrogen-bond acceptors (Lipinski definition) is 7. The SMILES string of the molecule is CN1CCOCOCCN(C)COCOCOC1. The van der Waals surface area contributed by atoms with E-state index < -0.39 is 0 Å². The van der Waals surface area contributed by atoms with Crippen LogP contribution < -0.4 is 0 Å². The van der Waals surface area contributed by atoms with Gasteiger partial charge in [0.15, 0.2) is 13.6 Å². The van der Waals surface area contributed by atoms with Gasteiger partial charge >= 0.3 is 0 Å². The zero-order valence-corrected chi connectivity index (χ0v) is 11.3. The molecule has 1 aliphatic heterocycles. The molecule has 7 heteroatoms. The van der Waals surface area contributed by atoms with E-state index >= 15 is 0 Å². The molecule has 1 rings (SSSR count). The molecule has 0 radical (unpaired) electrons. The molecule has 0 atom stereocenters. The first-order valence-electron chi connectivity index (χ1n) is 6.05. The average molecular weight is 264 g/mol. The highest BCUT2D eigenvalue weighted by molar-refractivity contribution is 4.44. The normalized spacial score (nSPS) is 25.0. The molecule has 0 bridgehead atoms. The van der Waals surface area contributed by atoms with Crippen molar-refractivity contribution < 1.29 is 23.7 Å². The molecular formula is C11H24N2O5. The number of ether oxygens (including phenoxy) is 5. The minimum absolute atomic E-state index is 0.234. The number of hydrogen-bond donors (Lipinski definition) is 0. The molecule has 7 nitrogen and oxygen atoms in total. The van der Waals surface area contributed by atoms with Crippen LogP contribution in [0.25, 0.3) is 0 Å². The van der Waals surface area contributed by atoms with Crippen LogP contribution in [0.15, 0.2) is 0 Å². The van der Waals surface area contributed by atoms with Gasteiger partial charge in [0.2, 0.25) is 0 Å². The largest absolute Gasteiger partial charge is 0.354 e.